The van der Waals surface area contributed by atoms with Crippen LogP contribution in [0.2, 0.25) is 0 Å². The zero-order valence-electron chi connectivity index (χ0n) is 8.87. The van der Waals surface area contributed by atoms with Crippen molar-refractivity contribution in [3.8, 4) is 5.75 Å². The molecule has 0 spiro atoms. The van der Waals surface area contributed by atoms with Crippen LogP contribution in [0, 0.1) is 10.1 Å². The van der Waals surface area contributed by atoms with Gasteiger partial charge in [-0.15, -0.1) is 0 Å². The third kappa shape index (κ3) is 3.42. The molecule has 0 aromatic heterocycles. The van der Waals surface area contributed by atoms with Crippen molar-refractivity contribution in [2.75, 3.05) is 0 Å². The summed E-state index contributed by atoms with van der Waals surface area (Å²) in [5, 5.41) is 28.5. The maximum Gasteiger partial charge on any atom is 0.303 e. The van der Waals surface area contributed by atoms with Gasteiger partial charge in [-0.1, -0.05) is 0 Å². The van der Waals surface area contributed by atoms with E-state index in [0.29, 0.717) is 0 Å². The summed E-state index contributed by atoms with van der Waals surface area (Å²) in [5.74, 6) is -1.17. The molecule has 1 aromatic rings. The van der Waals surface area contributed by atoms with E-state index in [2.05, 4.69) is 0 Å². The van der Waals surface area contributed by atoms with Crippen molar-refractivity contribution in [2.24, 2.45) is 5.73 Å². The SMILES string of the molecule is NC(CCC(=O)O)c1cc(O)ccc1[N+](=O)[O-]. The van der Waals surface area contributed by atoms with Gasteiger partial charge in [0.1, 0.15) is 5.75 Å². The molecule has 0 radical (unpaired) electrons. The molecule has 0 aliphatic heterocycles. The number of phenols is 1. The van der Waals surface area contributed by atoms with Gasteiger partial charge in [0.2, 0.25) is 0 Å². The molecule has 0 aliphatic rings. The first-order valence-corrected chi connectivity index (χ1v) is 4.86. The molecule has 1 aromatic carbocycles. The summed E-state index contributed by atoms with van der Waals surface area (Å²) in [6.45, 7) is 0. The molecule has 17 heavy (non-hydrogen) atoms. The van der Waals surface area contributed by atoms with Crippen LogP contribution in [0.1, 0.15) is 24.4 Å². The fraction of sp³-hybridized carbons (Fsp3) is 0.300. The number of benzene rings is 1. The molecular formula is C10H12N2O5. The van der Waals surface area contributed by atoms with Crippen molar-refractivity contribution in [3.63, 3.8) is 0 Å². The third-order valence-corrected chi connectivity index (χ3v) is 2.28. The number of carboxylic acids is 1. The van der Waals surface area contributed by atoms with E-state index in [4.69, 9.17) is 10.8 Å². The van der Waals surface area contributed by atoms with Crippen LogP contribution in [-0.2, 0) is 4.79 Å². The van der Waals surface area contributed by atoms with E-state index in [0.717, 1.165) is 6.07 Å². The minimum absolute atomic E-state index is 0.0691. The number of nitrogens with zero attached hydrogens (tertiary/aromatic N) is 1. The Morgan fingerprint density at radius 2 is 2.18 bits per heavy atom. The Hall–Kier alpha value is -2.15. The lowest BCUT2D eigenvalue weighted by atomic mass is 10.0. The molecule has 0 aliphatic carbocycles. The largest absolute Gasteiger partial charge is 0.508 e. The Bertz CT molecular complexity index is 446. The number of phenolic OH excluding ortho intramolecular Hbond substituents is 1. The van der Waals surface area contributed by atoms with Crippen LogP contribution in [0.3, 0.4) is 0 Å². The van der Waals surface area contributed by atoms with Crippen LogP contribution in [-0.4, -0.2) is 21.1 Å². The van der Waals surface area contributed by atoms with Crippen molar-refractivity contribution >= 4 is 11.7 Å². The minimum atomic E-state index is -1.02. The number of rotatable bonds is 5. The number of carbonyl (C=O) groups is 1. The lowest BCUT2D eigenvalue weighted by Gasteiger charge is -2.11. The average Bonchev–Trinajstić information content (AvgIpc) is 2.25. The van der Waals surface area contributed by atoms with Crippen molar-refractivity contribution < 1.29 is 19.9 Å². The molecule has 0 saturated carbocycles. The number of aliphatic carboxylic acids is 1. The lowest BCUT2D eigenvalue weighted by Crippen LogP contribution is -2.14. The molecular weight excluding hydrogens is 228 g/mol. The summed E-state index contributed by atoms with van der Waals surface area (Å²) in [4.78, 5) is 20.5. The Morgan fingerprint density at radius 1 is 1.53 bits per heavy atom. The Labute approximate surface area is 96.6 Å². The zero-order valence-corrected chi connectivity index (χ0v) is 8.87. The molecule has 4 N–H and O–H groups in total. The van der Waals surface area contributed by atoms with Crippen molar-refractivity contribution in [2.45, 2.75) is 18.9 Å². The smallest absolute Gasteiger partial charge is 0.303 e. The highest BCUT2D eigenvalue weighted by atomic mass is 16.6. The minimum Gasteiger partial charge on any atom is -0.508 e. The molecule has 0 fully saturated rings. The second-order valence-electron chi connectivity index (χ2n) is 3.54. The molecule has 1 unspecified atom stereocenters. The molecule has 0 saturated heterocycles. The molecule has 7 nitrogen and oxygen atoms in total. The third-order valence-electron chi connectivity index (χ3n) is 2.28. The van der Waals surface area contributed by atoms with Crippen molar-refractivity contribution in [1.29, 1.82) is 0 Å². The monoisotopic (exact) mass is 240 g/mol. The van der Waals surface area contributed by atoms with Gasteiger partial charge in [-0.2, -0.15) is 0 Å². The number of aromatic hydroxyl groups is 1. The predicted molar refractivity (Wildman–Crippen MR) is 58.6 cm³/mol. The fourth-order valence-corrected chi connectivity index (χ4v) is 1.44. The maximum atomic E-state index is 10.7. The van der Waals surface area contributed by atoms with E-state index >= 15 is 0 Å². The zero-order chi connectivity index (χ0) is 13.0. The van der Waals surface area contributed by atoms with E-state index < -0.39 is 16.9 Å². The summed E-state index contributed by atoms with van der Waals surface area (Å²) in [6.07, 6.45) is -0.117. The van der Waals surface area contributed by atoms with Crippen LogP contribution in [0.4, 0.5) is 5.69 Å². The van der Waals surface area contributed by atoms with Gasteiger partial charge in [-0.3, -0.25) is 14.9 Å². The molecule has 0 amide bonds. The Balaban J connectivity index is 2.97. The summed E-state index contributed by atoms with van der Waals surface area (Å²) in [5.41, 5.74) is 5.59. The van der Waals surface area contributed by atoms with E-state index in [1.807, 2.05) is 0 Å². The Morgan fingerprint density at radius 3 is 2.71 bits per heavy atom. The van der Waals surface area contributed by atoms with E-state index in [1.165, 1.54) is 12.1 Å². The molecule has 0 bridgehead atoms. The first-order valence-electron chi connectivity index (χ1n) is 4.86. The molecule has 7 heteroatoms. The van der Waals surface area contributed by atoms with Crippen LogP contribution < -0.4 is 5.73 Å². The van der Waals surface area contributed by atoms with Crippen molar-refractivity contribution in [1.82, 2.24) is 0 Å². The van der Waals surface area contributed by atoms with Gasteiger partial charge in [0.05, 0.1) is 10.5 Å². The molecule has 1 rings (SSSR count). The molecule has 92 valence electrons. The molecule has 0 heterocycles. The van der Waals surface area contributed by atoms with E-state index in [-0.39, 0.29) is 29.8 Å². The van der Waals surface area contributed by atoms with Crippen LogP contribution in [0.5, 0.6) is 5.75 Å². The number of nitro benzene ring substituents is 1. The molecule has 1 atom stereocenters. The van der Waals surface area contributed by atoms with Gasteiger partial charge in [0.15, 0.2) is 0 Å². The van der Waals surface area contributed by atoms with Crippen LogP contribution >= 0.6 is 0 Å². The topological polar surface area (TPSA) is 127 Å². The average molecular weight is 240 g/mol. The van der Waals surface area contributed by atoms with Gasteiger partial charge < -0.3 is 15.9 Å². The van der Waals surface area contributed by atoms with Gasteiger partial charge in [0, 0.05) is 18.5 Å². The quantitative estimate of drug-likeness (QED) is 0.523. The summed E-state index contributed by atoms with van der Waals surface area (Å²) >= 11 is 0. The highest BCUT2D eigenvalue weighted by Gasteiger charge is 2.20. The Kier molecular flexibility index (Phi) is 4.00. The number of nitro groups is 1. The highest BCUT2D eigenvalue weighted by molar-refractivity contribution is 5.66. The second kappa shape index (κ2) is 5.26. The summed E-state index contributed by atoms with van der Waals surface area (Å²) in [7, 11) is 0. The van der Waals surface area contributed by atoms with Gasteiger partial charge in [0.25, 0.3) is 5.69 Å². The van der Waals surface area contributed by atoms with Gasteiger partial charge >= 0.3 is 5.97 Å². The second-order valence-corrected chi connectivity index (χ2v) is 3.54. The van der Waals surface area contributed by atoms with Crippen molar-refractivity contribution in [3.05, 3.63) is 33.9 Å². The van der Waals surface area contributed by atoms with E-state index in [9.17, 15) is 20.0 Å². The standard InChI is InChI=1S/C10H12N2O5/c11-8(2-4-10(14)15)7-5-6(13)1-3-9(7)12(16)17/h1,3,5,8,13H,2,4,11H2,(H,14,15). The number of carboxylic acid groups (broad SMARTS) is 1. The normalized spacial score (nSPS) is 12.1. The van der Waals surface area contributed by atoms with E-state index in [1.54, 1.807) is 0 Å². The highest BCUT2D eigenvalue weighted by Crippen LogP contribution is 2.29. The predicted octanol–water partition coefficient (Wildman–Crippen LogP) is 1.16. The number of nitrogens with two attached hydrogens (primary N) is 1. The summed E-state index contributed by atoms with van der Waals surface area (Å²) in [6, 6.07) is 2.72. The first-order chi connectivity index (χ1) is 7.91. The lowest BCUT2D eigenvalue weighted by molar-refractivity contribution is -0.385. The van der Waals surface area contributed by atoms with Crippen LogP contribution in [0.25, 0.3) is 0 Å². The van der Waals surface area contributed by atoms with Crippen LogP contribution in [0.15, 0.2) is 18.2 Å². The first kappa shape index (κ1) is 12.9. The number of hydrogen-bond acceptors (Lipinski definition) is 5. The summed E-state index contributed by atoms with van der Waals surface area (Å²) < 4.78 is 0. The number of hydrogen-bond donors (Lipinski definition) is 3. The van der Waals surface area contributed by atoms with Gasteiger partial charge in [-0.25, -0.2) is 0 Å². The maximum absolute atomic E-state index is 10.7. The van der Waals surface area contributed by atoms with Gasteiger partial charge in [-0.05, 0) is 18.6 Å². The fourth-order valence-electron chi connectivity index (χ4n) is 1.44.